The van der Waals surface area contributed by atoms with E-state index < -0.39 is 23.6 Å². The van der Waals surface area contributed by atoms with Crippen LogP contribution < -0.4 is 10.1 Å². The largest absolute Gasteiger partial charge is 0.494 e. The van der Waals surface area contributed by atoms with Gasteiger partial charge in [0, 0.05) is 11.8 Å². The van der Waals surface area contributed by atoms with E-state index in [1.54, 1.807) is 0 Å². The molecule has 1 aromatic carbocycles. The third-order valence-electron chi connectivity index (χ3n) is 3.84. The van der Waals surface area contributed by atoms with Crippen molar-refractivity contribution in [2.24, 2.45) is 11.8 Å². The van der Waals surface area contributed by atoms with Crippen LogP contribution in [0.5, 0.6) is 5.75 Å². The Hall–Kier alpha value is -2.11. The summed E-state index contributed by atoms with van der Waals surface area (Å²) in [6.45, 7) is 0. The zero-order valence-electron chi connectivity index (χ0n) is 11.8. The number of carboxylic acids is 1. The van der Waals surface area contributed by atoms with Crippen molar-refractivity contribution < 1.29 is 23.8 Å². The molecule has 0 aliphatic heterocycles. The van der Waals surface area contributed by atoms with E-state index in [0.29, 0.717) is 18.5 Å². The summed E-state index contributed by atoms with van der Waals surface area (Å²) in [6, 6.07) is 4.00. The molecule has 0 heterocycles. The molecule has 21 heavy (non-hydrogen) atoms. The third-order valence-corrected chi connectivity index (χ3v) is 3.84. The third kappa shape index (κ3) is 3.51. The van der Waals surface area contributed by atoms with Gasteiger partial charge in [0.15, 0.2) is 11.6 Å². The SMILES string of the molecule is COc1cc(NC(=O)C2CCCCC2C(=O)O)ccc1F. The van der Waals surface area contributed by atoms with Crippen molar-refractivity contribution in [1.29, 1.82) is 0 Å². The maximum Gasteiger partial charge on any atom is 0.307 e. The molecule has 1 aliphatic carbocycles. The van der Waals surface area contributed by atoms with Crippen molar-refractivity contribution in [2.75, 3.05) is 12.4 Å². The predicted molar refractivity (Wildman–Crippen MR) is 74.7 cm³/mol. The van der Waals surface area contributed by atoms with Gasteiger partial charge in [0.05, 0.1) is 18.9 Å². The highest BCUT2D eigenvalue weighted by atomic mass is 19.1. The maximum absolute atomic E-state index is 13.3. The van der Waals surface area contributed by atoms with Gasteiger partial charge in [0.25, 0.3) is 0 Å². The van der Waals surface area contributed by atoms with Crippen LogP contribution in [0.4, 0.5) is 10.1 Å². The number of halogens is 1. The number of anilines is 1. The molecule has 2 unspecified atom stereocenters. The number of carboxylic acid groups (broad SMARTS) is 1. The van der Waals surface area contributed by atoms with E-state index in [1.165, 1.54) is 25.3 Å². The van der Waals surface area contributed by atoms with Crippen LogP contribution in [0.3, 0.4) is 0 Å². The van der Waals surface area contributed by atoms with Crippen LogP contribution in [-0.2, 0) is 9.59 Å². The van der Waals surface area contributed by atoms with E-state index in [2.05, 4.69) is 5.32 Å². The van der Waals surface area contributed by atoms with E-state index in [9.17, 15) is 19.1 Å². The van der Waals surface area contributed by atoms with Crippen LogP contribution in [0.2, 0.25) is 0 Å². The van der Waals surface area contributed by atoms with Crippen LogP contribution in [0.25, 0.3) is 0 Å². The molecule has 0 saturated heterocycles. The van der Waals surface area contributed by atoms with Gasteiger partial charge in [-0.05, 0) is 25.0 Å². The van der Waals surface area contributed by atoms with Crippen LogP contribution >= 0.6 is 0 Å². The topological polar surface area (TPSA) is 75.6 Å². The van der Waals surface area contributed by atoms with Gasteiger partial charge in [0.1, 0.15) is 0 Å². The van der Waals surface area contributed by atoms with E-state index in [0.717, 1.165) is 12.8 Å². The number of hydrogen-bond acceptors (Lipinski definition) is 3. The van der Waals surface area contributed by atoms with Crippen molar-refractivity contribution in [3.63, 3.8) is 0 Å². The number of amides is 1. The van der Waals surface area contributed by atoms with Crippen molar-refractivity contribution >= 4 is 17.6 Å². The minimum atomic E-state index is -0.938. The van der Waals surface area contributed by atoms with Crippen molar-refractivity contribution in [1.82, 2.24) is 0 Å². The van der Waals surface area contributed by atoms with Gasteiger partial charge in [-0.15, -0.1) is 0 Å². The molecule has 2 atom stereocenters. The molecule has 1 aromatic rings. The zero-order chi connectivity index (χ0) is 15.4. The lowest BCUT2D eigenvalue weighted by Gasteiger charge is -2.27. The number of carbonyl (C=O) groups is 2. The first-order valence-electron chi connectivity index (χ1n) is 6.90. The molecule has 1 aliphatic rings. The molecule has 0 spiro atoms. The smallest absolute Gasteiger partial charge is 0.307 e. The maximum atomic E-state index is 13.3. The molecule has 2 N–H and O–H groups in total. The summed E-state index contributed by atoms with van der Waals surface area (Å²) >= 11 is 0. The van der Waals surface area contributed by atoms with Gasteiger partial charge in [-0.25, -0.2) is 4.39 Å². The number of nitrogens with one attached hydrogen (secondary N) is 1. The molecule has 0 radical (unpaired) electrons. The molecule has 5 nitrogen and oxygen atoms in total. The number of methoxy groups -OCH3 is 1. The van der Waals surface area contributed by atoms with Gasteiger partial charge in [-0.3, -0.25) is 9.59 Å². The Morgan fingerprint density at radius 2 is 1.95 bits per heavy atom. The fourth-order valence-electron chi connectivity index (χ4n) is 2.71. The predicted octanol–water partition coefficient (Wildman–Crippen LogP) is 2.66. The molecular formula is C15H18FNO4. The summed E-state index contributed by atoms with van der Waals surface area (Å²) in [5.41, 5.74) is 0.396. The number of ether oxygens (including phenoxy) is 1. The minimum absolute atomic E-state index is 0.0335. The molecule has 0 aromatic heterocycles. The molecule has 1 fully saturated rings. The Bertz CT molecular complexity index is 546. The van der Waals surface area contributed by atoms with E-state index in [4.69, 9.17) is 4.74 Å². The summed E-state index contributed by atoms with van der Waals surface area (Å²) in [5.74, 6) is -2.96. The second kappa shape index (κ2) is 6.56. The van der Waals surface area contributed by atoms with Crippen LogP contribution in [0, 0.1) is 17.7 Å². The number of hydrogen-bond donors (Lipinski definition) is 2. The van der Waals surface area contributed by atoms with E-state index in [-0.39, 0.29) is 11.7 Å². The highest BCUT2D eigenvalue weighted by Crippen LogP contribution is 2.31. The van der Waals surface area contributed by atoms with Gasteiger partial charge < -0.3 is 15.2 Å². The van der Waals surface area contributed by atoms with E-state index >= 15 is 0 Å². The number of benzene rings is 1. The molecule has 6 heteroatoms. The van der Waals surface area contributed by atoms with Crippen LogP contribution in [-0.4, -0.2) is 24.1 Å². The molecule has 1 saturated carbocycles. The van der Waals surface area contributed by atoms with Gasteiger partial charge in [-0.2, -0.15) is 0 Å². The second-order valence-electron chi connectivity index (χ2n) is 5.17. The first-order valence-corrected chi connectivity index (χ1v) is 6.90. The Labute approximate surface area is 122 Å². The molecule has 114 valence electrons. The summed E-state index contributed by atoms with van der Waals surface area (Å²) in [6.07, 6.45) is 2.74. The monoisotopic (exact) mass is 295 g/mol. The molecule has 1 amide bonds. The lowest BCUT2D eigenvalue weighted by atomic mass is 9.78. The Kier molecular flexibility index (Phi) is 4.77. The fraction of sp³-hybridized carbons (Fsp3) is 0.467. The second-order valence-corrected chi connectivity index (χ2v) is 5.17. The van der Waals surface area contributed by atoms with Crippen molar-refractivity contribution in [3.05, 3.63) is 24.0 Å². The minimum Gasteiger partial charge on any atom is -0.494 e. The number of rotatable bonds is 4. The van der Waals surface area contributed by atoms with Gasteiger partial charge in [0.2, 0.25) is 5.91 Å². The zero-order valence-corrected chi connectivity index (χ0v) is 11.8. The van der Waals surface area contributed by atoms with Gasteiger partial charge >= 0.3 is 5.97 Å². The van der Waals surface area contributed by atoms with Crippen LogP contribution in [0.1, 0.15) is 25.7 Å². The Morgan fingerprint density at radius 3 is 2.57 bits per heavy atom. The Balaban J connectivity index is 2.11. The van der Waals surface area contributed by atoms with Crippen LogP contribution in [0.15, 0.2) is 18.2 Å². The van der Waals surface area contributed by atoms with Crippen molar-refractivity contribution in [2.45, 2.75) is 25.7 Å². The molecular weight excluding hydrogens is 277 g/mol. The lowest BCUT2D eigenvalue weighted by molar-refractivity contribution is -0.147. The fourth-order valence-corrected chi connectivity index (χ4v) is 2.71. The normalized spacial score (nSPS) is 21.6. The average molecular weight is 295 g/mol. The summed E-state index contributed by atoms with van der Waals surface area (Å²) in [4.78, 5) is 23.5. The quantitative estimate of drug-likeness (QED) is 0.895. The standard InChI is InChI=1S/C15H18FNO4/c1-21-13-8-9(6-7-12(13)16)17-14(18)10-4-2-3-5-11(10)15(19)20/h6-8,10-11H,2-5H2,1H3,(H,17,18)(H,19,20). The van der Waals surface area contributed by atoms with Gasteiger partial charge in [-0.1, -0.05) is 12.8 Å². The average Bonchev–Trinajstić information content (AvgIpc) is 2.49. The summed E-state index contributed by atoms with van der Waals surface area (Å²) in [5, 5.41) is 11.8. The molecule has 0 bridgehead atoms. The summed E-state index contributed by atoms with van der Waals surface area (Å²) in [7, 11) is 1.34. The Morgan fingerprint density at radius 1 is 1.29 bits per heavy atom. The number of aliphatic carboxylic acids is 1. The first kappa shape index (κ1) is 15.3. The molecule has 2 rings (SSSR count). The van der Waals surface area contributed by atoms with Crippen molar-refractivity contribution in [3.8, 4) is 5.75 Å². The highest BCUT2D eigenvalue weighted by Gasteiger charge is 2.35. The summed E-state index contributed by atoms with van der Waals surface area (Å²) < 4.78 is 18.2. The lowest BCUT2D eigenvalue weighted by Crippen LogP contribution is -2.36. The first-order chi connectivity index (χ1) is 10.0. The van der Waals surface area contributed by atoms with E-state index in [1.807, 2.05) is 0 Å². The number of carbonyl (C=O) groups excluding carboxylic acids is 1. The highest BCUT2D eigenvalue weighted by molar-refractivity contribution is 5.95.